The number of hydrogen-bond acceptors (Lipinski definition) is 4. The quantitative estimate of drug-likeness (QED) is 0.698. The topological polar surface area (TPSA) is 92.3 Å². The number of rotatable bonds is 6. The van der Waals surface area contributed by atoms with Crippen LogP contribution in [0.25, 0.3) is 0 Å². The Morgan fingerprint density at radius 2 is 1.75 bits per heavy atom. The summed E-state index contributed by atoms with van der Waals surface area (Å²) in [7, 11) is -3.89. The molecule has 0 saturated carbocycles. The molecule has 134 valence electrons. The van der Waals surface area contributed by atoms with E-state index in [1.807, 2.05) is 11.4 Å². The number of hydrogen-bond donors (Lipinski definition) is 2. The maximum atomic E-state index is 12.7. The Morgan fingerprint density at radius 3 is 2.21 bits per heavy atom. The summed E-state index contributed by atoms with van der Waals surface area (Å²) in [6, 6.07) is 4.40. The van der Waals surface area contributed by atoms with Crippen LogP contribution >= 0.6 is 0 Å². The molecule has 0 fully saturated rings. The predicted molar refractivity (Wildman–Crippen MR) is 97.2 cm³/mol. The van der Waals surface area contributed by atoms with Crippen LogP contribution < -0.4 is 10.0 Å². The molecule has 0 aliphatic heterocycles. The summed E-state index contributed by atoms with van der Waals surface area (Å²) in [5, 5.41) is 2.63. The Morgan fingerprint density at radius 1 is 1.17 bits per heavy atom. The van der Waals surface area contributed by atoms with Gasteiger partial charge in [-0.2, -0.15) is 0 Å². The summed E-state index contributed by atoms with van der Waals surface area (Å²) >= 11 is -1.78. The third kappa shape index (κ3) is 5.72. The average molecular weight is 416 g/mol. The minimum atomic E-state index is -3.89. The molecule has 0 aliphatic rings. The van der Waals surface area contributed by atoms with Gasteiger partial charge in [-0.1, -0.05) is 0 Å². The van der Waals surface area contributed by atoms with E-state index in [4.69, 9.17) is 0 Å². The number of sulfonamides is 1. The minimum absolute atomic E-state index is 0.0839. The fourth-order valence-electron chi connectivity index (χ4n) is 1.95. The zero-order valence-electron chi connectivity index (χ0n) is 14.9. The predicted octanol–water partition coefficient (Wildman–Crippen LogP) is 2.59. The van der Waals surface area contributed by atoms with Crippen LogP contribution in [-0.2, 0) is 14.8 Å². The zero-order valence-corrected chi connectivity index (χ0v) is 17.6. The van der Waals surface area contributed by atoms with Gasteiger partial charge in [0.2, 0.25) is 0 Å². The van der Waals surface area contributed by atoms with Gasteiger partial charge < -0.3 is 0 Å². The Hall–Kier alpha value is -1.17. The summed E-state index contributed by atoms with van der Waals surface area (Å²) in [6.45, 7) is 6.89. The van der Waals surface area contributed by atoms with Crippen molar-refractivity contribution in [1.29, 1.82) is 0 Å². The first kappa shape index (κ1) is 20.9. The zero-order chi connectivity index (χ0) is 18.7. The van der Waals surface area contributed by atoms with Crippen LogP contribution in [0.3, 0.4) is 0 Å². The Bertz CT molecular complexity index is 737. The van der Waals surface area contributed by atoms with Crippen LogP contribution in [0.4, 0.5) is 5.69 Å². The first-order valence-corrected chi connectivity index (χ1v) is 13.7. The molecule has 8 heteroatoms. The van der Waals surface area contributed by atoms with Crippen molar-refractivity contribution >= 4 is 40.8 Å². The van der Waals surface area contributed by atoms with Crippen molar-refractivity contribution in [1.82, 2.24) is 4.72 Å². The average Bonchev–Trinajstić information content (AvgIpc) is 2.43. The van der Waals surface area contributed by atoms with E-state index in [0.717, 1.165) is 0 Å². The van der Waals surface area contributed by atoms with E-state index < -0.39 is 30.2 Å². The van der Waals surface area contributed by atoms with E-state index in [9.17, 15) is 18.0 Å². The summed E-state index contributed by atoms with van der Waals surface area (Å²) in [6.07, 6.45) is 0.280. The number of benzene rings is 1. The van der Waals surface area contributed by atoms with Crippen LogP contribution in [0, 0.1) is 0 Å². The fraction of sp³-hybridized carbons (Fsp3) is 0.500. The van der Waals surface area contributed by atoms with Crippen molar-refractivity contribution < 1.29 is 18.0 Å². The number of nitrogens with one attached hydrogen (secondary N) is 2. The van der Waals surface area contributed by atoms with Gasteiger partial charge in [-0.05, 0) is 0 Å². The van der Waals surface area contributed by atoms with Crippen LogP contribution in [0.2, 0.25) is 11.4 Å². The van der Waals surface area contributed by atoms with Crippen molar-refractivity contribution in [2.45, 2.75) is 56.0 Å². The number of carbonyl (C=O) groups is 2. The van der Waals surface area contributed by atoms with Crippen LogP contribution in [-0.4, -0.2) is 39.1 Å². The molecule has 1 aromatic rings. The van der Waals surface area contributed by atoms with Crippen LogP contribution in [0.15, 0.2) is 23.1 Å². The molecular weight excluding hydrogens is 391 g/mol. The molecule has 0 aromatic heterocycles. The number of anilines is 1. The van der Waals surface area contributed by atoms with Gasteiger partial charge in [0.15, 0.2) is 0 Å². The van der Waals surface area contributed by atoms with Gasteiger partial charge in [-0.15, -0.1) is 0 Å². The molecule has 1 rings (SSSR count). The summed E-state index contributed by atoms with van der Waals surface area (Å²) < 4.78 is 27.9. The van der Waals surface area contributed by atoms with Crippen molar-refractivity contribution in [2.24, 2.45) is 0 Å². The van der Waals surface area contributed by atoms with Gasteiger partial charge in [-0.25, -0.2) is 0 Å². The van der Waals surface area contributed by atoms with E-state index in [1.165, 1.54) is 12.1 Å². The summed E-state index contributed by atoms with van der Waals surface area (Å²) in [5.74, 6) is -0.222. The molecule has 0 saturated heterocycles. The Kier molecular flexibility index (Phi) is 6.79. The van der Waals surface area contributed by atoms with Gasteiger partial charge in [0.25, 0.3) is 0 Å². The van der Waals surface area contributed by atoms with E-state index in [2.05, 4.69) is 10.0 Å². The molecule has 0 bridgehead atoms. The van der Waals surface area contributed by atoms with E-state index >= 15 is 0 Å². The Labute approximate surface area is 148 Å². The molecule has 1 amide bonds. The van der Waals surface area contributed by atoms with Gasteiger partial charge in [0, 0.05) is 0 Å². The molecule has 0 unspecified atom stereocenters. The summed E-state index contributed by atoms with van der Waals surface area (Å²) in [5.41, 5.74) is 3.58. The first-order chi connectivity index (χ1) is 10.9. The number of carbonyl (C=O) groups excluding carboxylic acids is 2. The van der Waals surface area contributed by atoms with Crippen molar-refractivity contribution in [3.05, 3.63) is 23.8 Å². The third-order valence-corrected chi connectivity index (χ3v) is 6.96. The van der Waals surface area contributed by atoms with Crippen LogP contribution in [0.5, 0.6) is 0 Å². The standard InChI is InChI=1S/C16H25AsN2O4S/c1-7-14(20)18-11-8-9-12(15(21)17(5)6)13(10-11)24(22,23)19-16(2,3)4/h8-10,19H,7H2,1-6H3,(H,18,20). The molecule has 0 radical (unpaired) electrons. The van der Waals surface area contributed by atoms with Crippen LogP contribution in [0.1, 0.15) is 44.5 Å². The monoisotopic (exact) mass is 416 g/mol. The maximum absolute atomic E-state index is 12.7. The normalized spacial score (nSPS) is 12.3. The van der Waals surface area contributed by atoms with Gasteiger partial charge in [-0.3, -0.25) is 0 Å². The van der Waals surface area contributed by atoms with Crippen molar-refractivity contribution in [3.63, 3.8) is 0 Å². The first-order valence-electron chi connectivity index (χ1n) is 7.57. The van der Waals surface area contributed by atoms with E-state index in [0.29, 0.717) is 5.69 Å². The molecule has 0 aliphatic carbocycles. The fourth-order valence-corrected chi connectivity index (χ4v) is 5.18. The summed E-state index contributed by atoms with van der Waals surface area (Å²) in [4.78, 5) is 23.9. The van der Waals surface area contributed by atoms with E-state index in [1.54, 1.807) is 33.8 Å². The Balaban J connectivity index is 3.47. The molecule has 6 nitrogen and oxygen atoms in total. The molecule has 1 aromatic carbocycles. The molecule has 0 spiro atoms. The molecular formula is C16H25AsN2O4S. The van der Waals surface area contributed by atoms with Crippen molar-refractivity contribution in [3.8, 4) is 0 Å². The SMILES string of the molecule is CCC(=O)Nc1ccc(C(=O)[As](C)C)c(S(=O)(=O)NC(C)(C)C)c1. The number of amides is 1. The van der Waals surface area contributed by atoms with Gasteiger partial charge >= 0.3 is 149 Å². The van der Waals surface area contributed by atoms with Gasteiger partial charge in [0.05, 0.1) is 0 Å². The second kappa shape index (κ2) is 7.81. The second-order valence-electron chi connectivity index (χ2n) is 6.67. The van der Waals surface area contributed by atoms with E-state index in [-0.39, 0.29) is 27.4 Å². The molecule has 2 N–H and O–H groups in total. The molecule has 0 atom stereocenters. The van der Waals surface area contributed by atoms with Crippen molar-refractivity contribution in [2.75, 3.05) is 5.32 Å². The molecule has 24 heavy (non-hydrogen) atoms. The molecule has 0 heterocycles. The third-order valence-electron chi connectivity index (χ3n) is 2.95. The van der Waals surface area contributed by atoms with Gasteiger partial charge in [0.1, 0.15) is 0 Å². The second-order valence-corrected chi connectivity index (χ2v) is 12.9.